The lowest BCUT2D eigenvalue weighted by Gasteiger charge is -2.25. The van der Waals surface area contributed by atoms with E-state index in [1.807, 2.05) is 13.0 Å². The summed E-state index contributed by atoms with van der Waals surface area (Å²) >= 11 is 3.39. The van der Waals surface area contributed by atoms with Gasteiger partial charge in [0.15, 0.2) is 13.7 Å². The zero-order chi connectivity index (χ0) is 20.9. The van der Waals surface area contributed by atoms with Crippen LogP contribution < -0.4 is 5.73 Å². The highest BCUT2D eigenvalue weighted by molar-refractivity contribution is 9.11. The molecule has 0 bridgehead atoms. The van der Waals surface area contributed by atoms with Crippen LogP contribution in [0.2, 0.25) is 0 Å². The van der Waals surface area contributed by atoms with Crippen molar-refractivity contribution < 1.29 is 8.78 Å². The lowest BCUT2D eigenvalue weighted by Crippen LogP contribution is -2.29. The third-order valence-electron chi connectivity index (χ3n) is 3.97. The summed E-state index contributed by atoms with van der Waals surface area (Å²) < 4.78 is 28.0. The summed E-state index contributed by atoms with van der Waals surface area (Å²) in [5.41, 5.74) is 8.66. The van der Waals surface area contributed by atoms with Gasteiger partial charge in [0.25, 0.3) is 0 Å². The SMILES string of the molecule is BC(F)(F)c1ccnc(/C(=N/C)N(C)C(=C)C(=C)/C(C)=C\C(Br)=C(/C)N)c1. The molecule has 27 heavy (non-hydrogen) atoms. The number of allylic oxidation sites excluding steroid dienone is 4. The summed E-state index contributed by atoms with van der Waals surface area (Å²) in [6.45, 7) is 11.8. The van der Waals surface area contributed by atoms with Crippen LogP contribution >= 0.6 is 15.9 Å². The van der Waals surface area contributed by atoms with Crippen LogP contribution in [0, 0.1) is 0 Å². The average molecular weight is 437 g/mol. The Morgan fingerprint density at radius 1 is 1.41 bits per heavy atom. The van der Waals surface area contributed by atoms with Crippen LogP contribution in [-0.2, 0) is 5.82 Å². The van der Waals surface area contributed by atoms with Gasteiger partial charge in [0.1, 0.15) is 5.69 Å². The van der Waals surface area contributed by atoms with Crippen molar-refractivity contribution in [1.29, 1.82) is 0 Å². The van der Waals surface area contributed by atoms with E-state index >= 15 is 0 Å². The molecule has 0 saturated heterocycles. The number of hydrogen-bond acceptors (Lipinski definition) is 3. The van der Waals surface area contributed by atoms with Crippen molar-refractivity contribution in [3.05, 3.63) is 75.8 Å². The van der Waals surface area contributed by atoms with Crippen LogP contribution in [0.4, 0.5) is 8.78 Å². The van der Waals surface area contributed by atoms with E-state index in [4.69, 9.17) is 5.73 Å². The van der Waals surface area contributed by atoms with Crippen LogP contribution in [-0.4, -0.2) is 37.7 Å². The maximum Gasteiger partial charge on any atom is 0.231 e. The fourth-order valence-corrected chi connectivity index (χ4v) is 2.55. The molecule has 0 atom stereocenters. The number of likely N-dealkylation sites (N-methyl/N-ethyl adjacent to an activating group) is 1. The molecule has 4 nitrogen and oxygen atoms in total. The summed E-state index contributed by atoms with van der Waals surface area (Å²) in [7, 11) is 4.15. The van der Waals surface area contributed by atoms with Gasteiger partial charge in [-0.3, -0.25) is 9.98 Å². The normalized spacial score (nSPS) is 13.9. The van der Waals surface area contributed by atoms with Gasteiger partial charge in [-0.1, -0.05) is 13.2 Å². The highest BCUT2D eigenvalue weighted by Gasteiger charge is 2.25. The van der Waals surface area contributed by atoms with Crippen LogP contribution in [0.25, 0.3) is 0 Å². The minimum absolute atomic E-state index is 0.130. The fourth-order valence-electron chi connectivity index (χ4n) is 2.21. The maximum atomic E-state index is 13.6. The largest absolute Gasteiger partial charge is 0.401 e. The standard InChI is InChI=1S/C19H24BBrF2N4/c1-11(9-16(21)13(3)24)12(2)14(4)27(6)18(25-5)17-10-15(7-8-26-17)19(20,22)23/h7-10H,2,4,20,24H2,1,3,5-6H3/b11-9-,16-13-,25-18-. The fraction of sp³-hybridized carbons (Fsp3) is 0.263. The predicted octanol–water partition coefficient (Wildman–Crippen LogP) is 3.67. The molecule has 0 amide bonds. The van der Waals surface area contributed by atoms with Gasteiger partial charge >= 0.3 is 0 Å². The Balaban J connectivity index is 3.19. The molecular formula is C19H24BBrF2N4. The molecule has 0 aliphatic carbocycles. The Labute approximate surface area is 168 Å². The van der Waals surface area contributed by atoms with Crippen molar-refractivity contribution >= 4 is 29.6 Å². The zero-order valence-corrected chi connectivity index (χ0v) is 17.9. The van der Waals surface area contributed by atoms with Crippen LogP contribution in [0.15, 0.2) is 69.6 Å². The van der Waals surface area contributed by atoms with E-state index in [2.05, 4.69) is 39.1 Å². The summed E-state index contributed by atoms with van der Waals surface area (Å²) in [6, 6.07) is 2.62. The number of nitrogens with two attached hydrogens (primary N) is 1. The Bertz CT molecular complexity index is 834. The minimum Gasteiger partial charge on any atom is -0.401 e. The summed E-state index contributed by atoms with van der Waals surface area (Å²) in [5.74, 6) is -2.56. The topological polar surface area (TPSA) is 54.5 Å². The molecule has 1 aromatic rings. The second kappa shape index (κ2) is 9.13. The minimum atomic E-state index is -2.96. The van der Waals surface area contributed by atoms with Crippen LogP contribution in [0.3, 0.4) is 0 Å². The van der Waals surface area contributed by atoms with Gasteiger partial charge in [-0.2, -0.15) is 0 Å². The van der Waals surface area contributed by atoms with Crippen molar-refractivity contribution in [3.63, 3.8) is 0 Å². The van der Waals surface area contributed by atoms with Gasteiger partial charge in [-0.25, -0.2) is 8.78 Å². The number of rotatable bonds is 6. The Kier molecular flexibility index (Phi) is 7.71. The first-order valence-electron chi connectivity index (χ1n) is 8.14. The first kappa shape index (κ1) is 22.8. The van der Waals surface area contributed by atoms with Gasteiger partial charge in [0.05, 0.1) is 0 Å². The van der Waals surface area contributed by atoms with Crippen molar-refractivity contribution in [2.45, 2.75) is 19.7 Å². The molecule has 144 valence electrons. The van der Waals surface area contributed by atoms with E-state index in [9.17, 15) is 8.78 Å². The number of halogens is 3. The molecular weight excluding hydrogens is 413 g/mol. The second-order valence-corrected chi connectivity index (χ2v) is 7.06. The Hall–Kier alpha value is -2.22. The summed E-state index contributed by atoms with van der Waals surface area (Å²) in [5, 5.41) is 0. The molecule has 1 rings (SSSR count). The molecule has 0 saturated carbocycles. The van der Waals surface area contributed by atoms with E-state index < -0.39 is 5.82 Å². The molecule has 0 unspecified atom stereocenters. The van der Waals surface area contributed by atoms with Gasteiger partial charge in [0.2, 0.25) is 5.82 Å². The number of alkyl halides is 2. The number of amidine groups is 1. The second-order valence-electron chi connectivity index (χ2n) is 6.21. The molecule has 0 aliphatic heterocycles. The molecule has 1 heterocycles. The number of aromatic nitrogens is 1. The van der Waals surface area contributed by atoms with Crippen molar-refractivity contribution in [1.82, 2.24) is 9.88 Å². The van der Waals surface area contributed by atoms with Crippen molar-refractivity contribution in [3.8, 4) is 0 Å². The highest BCUT2D eigenvalue weighted by Crippen LogP contribution is 2.26. The molecule has 0 spiro atoms. The summed E-state index contributed by atoms with van der Waals surface area (Å²) in [4.78, 5) is 10.1. The smallest absolute Gasteiger partial charge is 0.231 e. The number of hydrogen-bond donors (Lipinski definition) is 1. The third kappa shape index (κ3) is 5.89. The van der Waals surface area contributed by atoms with Gasteiger partial charge in [-0.05, 0) is 59.1 Å². The van der Waals surface area contributed by atoms with Crippen molar-refractivity contribution in [2.24, 2.45) is 10.7 Å². The maximum absolute atomic E-state index is 13.6. The molecule has 1 aromatic heterocycles. The van der Waals surface area contributed by atoms with E-state index in [1.165, 1.54) is 18.3 Å². The number of aliphatic imine (C=N–C) groups is 1. The first-order valence-corrected chi connectivity index (χ1v) is 8.93. The predicted molar refractivity (Wildman–Crippen MR) is 115 cm³/mol. The van der Waals surface area contributed by atoms with Crippen LogP contribution in [0.5, 0.6) is 0 Å². The molecule has 2 N–H and O–H groups in total. The molecule has 0 radical (unpaired) electrons. The zero-order valence-electron chi connectivity index (χ0n) is 16.3. The quantitative estimate of drug-likeness (QED) is 0.320. The van der Waals surface area contributed by atoms with Gasteiger partial charge in [-0.15, -0.1) is 0 Å². The highest BCUT2D eigenvalue weighted by atomic mass is 79.9. The van der Waals surface area contributed by atoms with E-state index in [-0.39, 0.29) is 5.56 Å². The van der Waals surface area contributed by atoms with E-state index in [1.54, 1.807) is 25.9 Å². The lowest BCUT2D eigenvalue weighted by atomic mass is 9.91. The van der Waals surface area contributed by atoms with E-state index in [0.717, 1.165) is 17.9 Å². The molecule has 0 aromatic carbocycles. The molecule has 0 fully saturated rings. The number of pyridine rings is 1. The monoisotopic (exact) mass is 436 g/mol. The average Bonchev–Trinajstić information content (AvgIpc) is 2.60. The Morgan fingerprint density at radius 3 is 2.48 bits per heavy atom. The van der Waals surface area contributed by atoms with E-state index in [0.29, 0.717) is 28.5 Å². The molecule has 8 heteroatoms. The third-order valence-corrected chi connectivity index (χ3v) is 4.83. The summed E-state index contributed by atoms with van der Waals surface area (Å²) in [6.07, 6.45) is 3.19. The number of nitrogens with zero attached hydrogens (tertiary/aromatic N) is 3. The lowest BCUT2D eigenvalue weighted by molar-refractivity contribution is 0.0940. The van der Waals surface area contributed by atoms with Crippen molar-refractivity contribution in [2.75, 3.05) is 14.1 Å². The van der Waals surface area contributed by atoms with Gasteiger partial charge in [0, 0.05) is 41.7 Å². The van der Waals surface area contributed by atoms with Crippen LogP contribution in [0.1, 0.15) is 25.1 Å². The first-order chi connectivity index (χ1) is 12.4. The molecule has 0 aliphatic rings. The Morgan fingerprint density at radius 2 is 2.00 bits per heavy atom. The van der Waals surface area contributed by atoms with Gasteiger partial charge < -0.3 is 10.6 Å².